The topological polar surface area (TPSA) is 35.2 Å². The molecule has 0 unspecified atom stereocenters. The van der Waals surface area contributed by atoms with Crippen molar-refractivity contribution in [2.45, 2.75) is 31.1 Å². The zero-order valence-corrected chi connectivity index (χ0v) is 10.2. The van der Waals surface area contributed by atoms with Crippen LogP contribution in [0, 0.1) is 17.5 Å². The van der Waals surface area contributed by atoms with E-state index in [1.807, 2.05) is 0 Å². The van der Waals surface area contributed by atoms with Crippen molar-refractivity contribution < 1.29 is 17.9 Å². The predicted molar refractivity (Wildman–Crippen MR) is 62.1 cm³/mol. The fourth-order valence-corrected chi connectivity index (χ4v) is 2.80. The largest absolute Gasteiger partial charge is 0.494 e. The number of halogens is 3. The Bertz CT molecular complexity index is 456. The van der Waals surface area contributed by atoms with Gasteiger partial charge in [0.25, 0.3) is 0 Å². The summed E-state index contributed by atoms with van der Waals surface area (Å²) in [5.74, 6) is -3.34. The molecule has 1 aromatic carbocycles. The van der Waals surface area contributed by atoms with Crippen molar-refractivity contribution in [1.29, 1.82) is 0 Å². The lowest BCUT2D eigenvalue weighted by molar-refractivity contribution is 0.343. The van der Waals surface area contributed by atoms with Gasteiger partial charge in [-0.15, -0.1) is 0 Å². The molecule has 1 aliphatic rings. The number of nitrogens with two attached hydrogens (primary N) is 1. The highest BCUT2D eigenvalue weighted by Crippen LogP contribution is 2.44. The number of methoxy groups -OCH3 is 1. The van der Waals surface area contributed by atoms with Crippen LogP contribution in [0.15, 0.2) is 6.07 Å². The first-order valence-electron chi connectivity index (χ1n) is 5.98. The average Bonchev–Trinajstić information content (AvgIpc) is 2.84. The molecule has 0 bridgehead atoms. The van der Waals surface area contributed by atoms with Crippen molar-refractivity contribution in [3.63, 3.8) is 0 Å². The summed E-state index contributed by atoms with van der Waals surface area (Å²) in [5.41, 5.74) is 4.63. The molecule has 2 rings (SSSR count). The molecular weight excluding hydrogens is 243 g/mol. The Hall–Kier alpha value is -1.23. The van der Waals surface area contributed by atoms with Crippen LogP contribution >= 0.6 is 0 Å². The molecule has 0 saturated heterocycles. The Morgan fingerprint density at radius 2 is 1.83 bits per heavy atom. The Kier molecular flexibility index (Phi) is 3.52. The second-order valence-electron chi connectivity index (χ2n) is 4.76. The SMILES string of the molecule is COc1cc(F)c(F)c(C2(CN)CCCC2)c1F. The molecule has 0 amide bonds. The first-order valence-corrected chi connectivity index (χ1v) is 5.98. The van der Waals surface area contributed by atoms with Gasteiger partial charge in [0.2, 0.25) is 0 Å². The summed E-state index contributed by atoms with van der Waals surface area (Å²) in [6, 6.07) is 0.729. The van der Waals surface area contributed by atoms with E-state index in [9.17, 15) is 13.2 Å². The maximum absolute atomic E-state index is 14.2. The van der Waals surface area contributed by atoms with E-state index in [2.05, 4.69) is 0 Å². The van der Waals surface area contributed by atoms with E-state index in [0.717, 1.165) is 18.9 Å². The van der Waals surface area contributed by atoms with E-state index in [4.69, 9.17) is 10.5 Å². The fourth-order valence-electron chi connectivity index (χ4n) is 2.80. The van der Waals surface area contributed by atoms with E-state index in [0.29, 0.717) is 12.8 Å². The van der Waals surface area contributed by atoms with Gasteiger partial charge in [-0.05, 0) is 12.8 Å². The summed E-state index contributed by atoms with van der Waals surface area (Å²) >= 11 is 0. The molecule has 0 spiro atoms. The molecule has 1 fully saturated rings. The van der Waals surface area contributed by atoms with Crippen LogP contribution in [-0.4, -0.2) is 13.7 Å². The number of hydrogen-bond donors (Lipinski definition) is 1. The van der Waals surface area contributed by atoms with Crippen LogP contribution in [0.3, 0.4) is 0 Å². The summed E-state index contributed by atoms with van der Waals surface area (Å²) < 4.78 is 46.4. The van der Waals surface area contributed by atoms with Crippen LogP contribution in [0.2, 0.25) is 0 Å². The zero-order valence-electron chi connectivity index (χ0n) is 10.2. The number of rotatable bonds is 3. The second kappa shape index (κ2) is 4.80. The Morgan fingerprint density at radius 3 is 2.33 bits per heavy atom. The summed E-state index contributed by atoms with van der Waals surface area (Å²) in [6.07, 6.45) is 2.83. The molecule has 1 aromatic rings. The predicted octanol–water partition coefficient (Wildman–Crippen LogP) is 2.88. The van der Waals surface area contributed by atoms with Crippen LogP contribution < -0.4 is 10.5 Å². The van der Waals surface area contributed by atoms with E-state index < -0.39 is 22.9 Å². The molecule has 0 radical (unpaired) electrons. The van der Waals surface area contributed by atoms with Crippen LogP contribution in [0.1, 0.15) is 31.2 Å². The fraction of sp³-hybridized carbons (Fsp3) is 0.538. The first kappa shape index (κ1) is 13.2. The average molecular weight is 259 g/mol. The van der Waals surface area contributed by atoms with Gasteiger partial charge >= 0.3 is 0 Å². The second-order valence-corrected chi connectivity index (χ2v) is 4.76. The summed E-state index contributed by atoms with van der Waals surface area (Å²) in [4.78, 5) is 0. The van der Waals surface area contributed by atoms with Crippen LogP contribution in [-0.2, 0) is 5.41 Å². The van der Waals surface area contributed by atoms with Gasteiger partial charge in [0.05, 0.1) is 7.11 Å². The molecule has 18 heavy (non-hydrogen) atoms. The van der Waals surface area contributed by atoms with Crippen molar-refractivity contribution in [3.8, 4) is 5.75 Å². The minimum absolute atomic E-state index is 0.105. The van der Waals surface area contributed by atoms with Crippen molar-refractivity contribution in [1.82, 2.24) is 0 Å². The lowest BCUT2D eigenvalue weighted by Gasteiger charge is -2.29. The normalized spacial score (nSPS) is 18.1. The molecule has 1 saturated carbocycles. The molecule has 0 aliphatic heterocycles. The summed E-state index contributed by atoms with van der Waals surface area (Å²) in [7, 11) is 1.23. The molecule has 5 heteroatoms. The Balaban J connectivity index is 2.65. The van der Waals surface area contributed by atoms with Gasteiger partial charge in [-0.3, -0.25) is 0 Å². The standard InChI is InChI=1S/C13H16F3NO/c1-18-9-6-8(14)11(15)10(12(9)16)13(7-17)4-2-3-5-13/h6H,2-5,7,17H2,1H3. The van der Waals surface area contributed by atoms with Gasteiger partial charge in [0.15, 0.2) is 23.2 Å². The number of ether oxygens (including phenoxy) is 1. The molecule has 0 heterocycles. The third-order valence-corrected chi connectivity index (χ3v) is 3.82. The van der Waals surface area contributed by atoms with E-state index >= 15 is 0 Å². The number of benzene rings is 1. The van der Waals surface area contributed by atoms with Gasteiger partial charge in [-0.25, -0.2) is 13.2 Å². The van der Waals surface area contributed by atoms with Crippen molar-refractivity contribution in [3.05, 3.63) is 29.1 Å². The zero-order chi connectivity index (χ0) is 13.3. The molecular formula is C13H16F3NO. The Labute approximate surface area is 104 Å². The first-order chi connectivity index (χ1) is 8.55. The maximum Gasteiger partial charge on any atom is 0.171 e. The highest BCUT2D eigenvalue weighted by atomic mass is 19.2. The molecule has 2 N–H and O–H groups in total. The summed E-state index contributed by atoms with van der Waals surface area (Å²) in [5, 5.41) is 0. The van der Waals surface area contributed by atoms with Gasteiger partial charge in [0.1, 0.15) is 0 Å². The maximum atomic E-state index is 14.2. The van der Waals surface area contributed by atoms with Crippen molar-refractivity contribution in [2.75, 3.05) is 13.7 Å². The minimum atomic E-state index is -1.14. The van der Waals surface area contributed by atoms with E-state index in [1.54, 1.807) is 0 Å². The molecule has 0 aromatic heterocycles. The monoisotopic (exact) mass is 259 g/mol. The third kappa shape index (κ3) is 1.86. The van der Waals surface area contributed by atoms with Crippen molar-refractivity contribution >= 4 is 0 Å². The summed E-state index contributed by atoms with van der Waals surface area (Å²) in [6.45, 7) is 0.105. The quantitative estimate of drug-likeness (QED) is 0.847. The smallest absolute Gasteiger partial charge is 0.171 e. The van der Waals surface area contributed by atoms with Crippen LogP contribution in [0.4, 0.5) is 13.2 Å². The molecule has 2 nitrogen and oxygen atoms in total. The van der Waals surface area contributed by atoms with E-state index in [-0.39, 0.29) is 17.9 Å². The third-order valence-electron chi connectivity index (χ3n) is 3.82. The highest BCUT2D eigenvalue weighted by Gasteiger charge is 2.40. The molecule has 0 atom stereocenters. The van der Waals surface area contributed by atoms with Gasteiger partial charge in [-0.1, -0.05) is 12.8 Å². The minimum Gasteiger partial charge on any atom is -0.494 e. The number of hydrogen-bond acceptors (Lipinski definition) is 2. The van der Waals surface area contributed by atoms with Crippen LogP contribution in [0.25, 0.3) is 0 Å². The van der Waals surface area contributed by atoms with Crippen LogP contribution in [0.5, 0.6) is 5.75 Å². The highest BCUT2D eigenvalue weighted by molar-refractivity contribution is 5.39. The van der Waals surface area contributed by atoms with Crippen molar-refractivity contribution in [2.24, 2.45) is 5.73 Å². The van der Waals surface area contributed by atoms with Gasteiger partial charge < -0.3 is 10.5 Å². The van der Waals surface area contributed by atoms with Gasteiger partial charge in [-0.2, -0.15) is 0 Å². The van der Waals surface area contributed by atoms with E-state index in [1.165, 1.54) is 7.11 Å². The molecule has 1 aliphatic carbocycles. The lowest BCUT2D eigenvalue weighted by Crippen LogP contribution is -2.34. The van der Waals surface area contributed by atoms with Gasteiger partial charge in [0, 0.05) is 23.6 Å². The Morgan fingerprint density at radius 1 is 1.22 bits per heavy atom. The lowest BCUT2D eigenvalue weighted by atomic mass is 9.78. The molecule has 100 valence electrons.